The van der Waals surface area contributed by atoms with Gasteiger partial charge in [-0.25, -0.2) is 4.79 Å². The minimum atomic E-state index is -0.508. The summed E-state index contributed by atoms with van der Waals surface area (Å²) in [5.74, 6) is 0. The summed E-state index contributed by atoms with van der Waals surface area (Å²) in [6, 6.07) is 16.2. The van der Waals surface area contributed by atoms with Gasteiger partial charge in [0, 0.05) is 35.2 Å². The quantitative estimate of drug-likeness (QED) is 0.543. The summed E-state index contributed by atoms with van der Waals surface area (Å²) in [6.45, 7) is 11.3. The van der Waals surface area contributed by atoms with Crippen LogP contribution in [-0.2, 0) is 4.74 Å². The third-order valence-corrected chi connectivity index (χ3v) is 5.87. The Balaban J connectivity index is 1.90. The monoisotopic (exact) mass is 448 g/mol. The highest BCUT2D eigenvalue weighted by molar-refractivity contribution is 6.30. The lowest BCUT2D eigenvalue weighted by atomic mass is 9.93. The van der Waals surface area contributed by atoms with Crippen molar-refractivity contribution < 1.29 is 9.53 Å². The summed E-state index contributed by atoms with van der Waals surface area (Å²) in [6.07, 6.45) is -0.254. The van der Waals surface area contributed by atoms with Gasteiger partial charge in [-0.3, -0.25) is 4.90 Å². The van der Waals surface area contributed by atoms with Gasteiger partial charge in [0.05, 0.1) is 6.04 Å². The first-order valence-electron chi connectivity index (χ1n) is 10.3. The molecule has 1 aliphatic rings. The summed E-state index contributed by atoms with van der Waals surface area (Å²) in [5, 5.41) is 1.43. The molecular weight excluding hydrogens is 419 g/mol. The fraction of sp³-hybridized carbons (Fsp3) is 0.458. The Bertz CT molecular complexity index is 817. The van der Waals surface area contributed by atoms with Gasteiger partial charge in [0.1, 0.15) is 5.60 Å². The molecule has 2 aromatic rings. The summed E-state index contributed by atoms with van der Waals surface area (Å²) < 4.78 is 5.63. The van der Waals surface area contributed by atoms with Crippen molar-refractivity contribution in [3.05, 3.63) is 69.7 Å². The second-order valence-corrected chi connectivity index (χ2v) is 9.91. The highest BCUT2D eigenvalue weighted by Gasteiger charge is 2.38. The van der Waals surface area contributed by atoms with Crippen LogP contribution >= 0.6 is 23.2 Å². The lowest BCUT2D eigenvalue weighted by Crippen LogP contribution is -2.59. The number of benzene rings is 2. The molecule has 1 amide bonds. The van der Waals surface area contributed by atoms with Gasteiger partial charge < -0.3 is 9.64 Å². The molecule has 30 heavy (non-hydrogen) atoms. The lowest BCUT2D eigenvalue weighted by Gasteiger charge is -2.47. The highest BCUT2D eigenvalue weighted by Crippen LogP contribution is 2.34. The predicted octanol–water partition coefficient (Wildman–Crippen LogP) is 6.41. The summed E-state index contributed by atoms with van der Waals surface area (Å²) >= 11 is 12.3. The molecule has 0 aromatic heterocycles. The van der Waals surface area contributed by atoms with E-state index < -0.39 is 5.60 Å². The van der Waals surface area contributed by atoms with E-state index in [1.54, 1.807) is 0 Å². The van der Waals surface area contributed by atoms with E-state index in [1.807, 2.05) is 49.9 Å². The molecule has 0 bridgehead atoms. The number of piperazine rings is 1. The van der Waals surface area contributed by atoms with Crippen molar-refractivity contribution in [1.82, 2.24) is 9.80 Å². The Hall–Kier alpha value is -1.75. The second-order valence-electron chi connectivity index (χ2n) is 9.03. The number of hydrogen-bond donors (Lipinski definition) is 0. The number of ether oxygens (including phenoxy) is 1. The molecule has 0 radical (unpaired) electrons. The standard InChI is InChI=1S/C24H30Cl2N2O2/c1-16-15-28(23(29)30-24(3,4)5)17(2)14-27(16)22(18-6-10-20(25)11-7-18)19-8-12-21(26)13-9-19/h6-13,16-17,22H,14-15H2,1-5H3/t16-,17+/m1/s1. The zero-order valence-corrected chi connectivity index (χ0v) is 19.7. The number of halogens is 2. The van der Waals surface area contributed by atoms with Crippen LogP contribution in [-0.4, -0.2) is 46.7 Å². The van der Waals surface area contributed by atoms with Crippen molar-refractivity contribution in [2.75, 3.05) is 13.1 Å². The SMILES string of the molecule is C[C@@H]1CN(C(=O)OC(C)(C)C)[C@@H](C)CN1C(c1ccc(Cl)cc1)c1ccc(Cl)cc1. The molecule has 0 spiro atoms. The fourth-order valence-corrected chi connectivity index (χ4v) is 4.21. The zero-order valence-electron chi connectivity index (χ0n) is 18.2. The Morgan fingerprint density at radius 1 is 0.900 bits per heavy atom. The molecule has 1 fully saturated rings. The van der Waals surface area contributed by atoms with Crippen molar-refractivity contribution in [2.24, 2.45) is 0 Å². The van der Waals surface area contributed by atoms with Gasteiger partial charge >= 0.3 is 6.09 Å². The van der Waals surface area contributed by atoms with Gasteiger partial charge in [0.2, 0.25) is 0 Å². The predicted molar refractivity (Wildman–Crippen MR) is 123 cm³/mol. The van der Waals surface area contributed by atoms with E-state index in [0.29, 0.717) is 16.6 Å². The highest BCUT2D eigenvalue weighted by atomic mass is 35.5. The molecule has 0 N–H and O–H groups in total. The summed E-state index contributed by atoms with van der Waals surface area (Å²) in [7, 11) is 0. The van der Waals surface area contributed by atoms with Crippen molar-refractivity contribution in [3.8, 4) is 0 Å². The first kappa shape index (κ1) is 22.9. The van der Waals surface area contributed by atoms with E-state index in [-0.39, 0.29) is 24.2 Å². The maximum Gasteiger partial charge on any atom is 0.410 e. The molecule has 1 aliphatic heterocycles. The number of nitrogens with zero attached hydrogens (tertiary/aromatic N) is 2. The third kappa shape index (κ3) is 5.48. The van der Waals surface area contributed by atoms with Gasteiger partial charge in [-0.15, -0.1) is 0 Å². The molecule has 162 valence electrons. The van der Waals surface area contributed by atoms with Crippen molar-refractivity contribution in [2.45, 2.75) is 58.3 Å². The number of carbonyl (C=O) groups is 1. The normalized spacial score (nSPS) is 20.5. The van der Waals surface area contributed by atoms with E-state index >= 15 is 0 Å². The van der Waals surface area contributed by atoms with Gasteiger partial charge in [0.15, 0.2) is 0 Å². The van der Waals surface area contributed by atoms with Crippen molar-refractivity contribution in [1.29, 1.82) is 0 Å². The number of amides is 1. The molecule has 2 atom stereocenters. The molecule has 1 saturated heterocycles. The Morgan fingerprint density at radius 3 is 1.80 bits per heavy atom. The van der Waals surface area contributed by atoms with Crippen LogP contribution in [0, 0.1) is 0 Å². The van der Waals surface area contributed by atoms with E-state index in [4.69, 9.17) is 27.9 Å². The third-order valence-electron chi connectivity index (χ3n) is 5.37. The molecule has 3 rings (SSSR count). The molecule has 2 aromatic carbocycles. The minimum absolute atomic E-state index is 0.0261. The van der Waals surface area contributed by atoms with Crippen molar-refractivity contribution in [3.63, 3.8) is 0 Å². The van der Waals surface area contributed by atoms with E-state index in [2.05, 4.69) is 43.0 Å². The van der Waals surface area contributed by atoms with Crippen LogP contribution in [0.4, 0.5) is 4.79 Å². The largest absolute Gasteiger partial charge is 0.444 e. The molecule has 6 heteroatoms. The Morgan fingerprint density at radius 2 is 1.37 bits per heavy atom. The van der Waals surface area contributed by atoms with Gasteiger partial charge in [-0.2, -0.15) is 0 Å². The first-order chi connectivity index (χ1) is 14.0. The average molecular weight is 449 g/mol. The minimum Gasteiger partial charge on any atom is -0.444 e. The number of rotatable bonds is 3. The van der Waals surface area contributed by atoms with Gasteiger partial charge in [0.25, 0.3) is 0 Å². The van der Waals surface area contributed by atoms with E-state index in [0.717, 1.165) is 17.7 Å². The van der Waals surface area contributed by atoms with Crippen LogP contribution in [0.2, 0.25) is 10.0 Å². The molecule has 4 nitrogen and oxygen atoms in total. The van der Waals surface area contributed by atoms with Crippen LogP contribution in [0.15, 0.2) is 48.5 Å². The zero-order chi connectivity index (χ0) is 22.1. The van der Waals surface area contributed by atoms with Crippen LogP contribution in [0.3, 0.4) is 0 Å². The summed E-state index contributed by atoms with van der Waals surface area (Å²) in [5.41, 5.74) is 1.81. The van der Waals surface area contributed by atoms with Crippen LogP contribution in [0.25, 0.3) is 0 Å². The van der Waals surface area contributed by atoms with Crippen LogP contribution < -0.4 is 0 Å². The fourth-order valence-electron chi connectivity index (χ4n) is 3.95. The van der Waals surface area contributed by atoms with Crippen LogP contribution in [0.5, 0.6) is 0 Å². The topological polar surface area (TPSA) is 32.8 Å². The van der Waals surface area contributed by atoms with Gasteiger partial charge in [-0.05, 0) is 70.0 Å². The average Bonchev–Trinajstić information content (AvgIpc) is 2.66. The Kier molecular flexibility index (Phi) is 7.01. The Labute approximate surface area is 189 Å². The molecule has 0 aliphatic carbocycles. The van der Waals surface area contributed by atoms with Crippen molar-refractivity contribution >= 4 is 29.3 Å². The maximum atomic E-state index is 12.7. The summed E-state index contributed by atoms with van der Waals surface area (Å²) in [4.78, 5) is 17.0. The number of carbonyl (C=O) groups excluding carboxylic acids is 1. The molecule has 1 heterocycles. The smallest absolute Gasteiger partial charge is 0.410 e. The first-order valence-corrected chi connectivity index (χ1v) is 11.1. The maximum absolute atomic E-state index is 12.7. The van der Waals surface area contributed by atoms with E-state index in [1.165, 1.54) is 0 Å². The molecular formula is C24H30Cl2N2O2. The molecule has 0 saturated carbocycles. The van der Waals surface area contributed by atoms with E-state index in [9.17, 15) is 4.79 Å². The second kappa shape index (κ2) is 9.17. The lowest BCUT2D eigenvalue weighted by molar-refractivity contribution is -0.0163. The van der Waals surface area contributed by atoms with Gasteiger partial charge in [-0.1, -0.05) is 47.5 Å². The number of hydrogen-bond acceptors (Lipinski definition) is 3. The molecule has 0 unspecified atom stereocenters. The van der Waals surface area contributed by atoms with Crippen LogP contribution in [0.1, 0.15) is 51.8 Å².